The van der Waals surface area contributed by atoms with E-state index in [0.29, 0.717) is 0 Å². The maximum atomic E-state index is 12.7. The lowest BCUT2D eigenvalue weighted by Gasteiger charge is -2.31. The van der Waals surface area contributed by atoms with Gasteiger partial charge in [-0.25, -0.2) is 0 Å². The molecule has 0 spiro atoms. The van der Waals surface area contributed by atoms with Crippen LogP contribution in [0.15, 0.2) is 48.5 Å². The first-order chi connectivity index (χ1) is 14.2. The molecule has 2 saturated heterocycles. The molecular formula is C24H31N3O2. The first-order valence-electron chi connectivity index (χ1n) is 10.7. The highest BCUT2D eigenvalue weighted by Crippen LogP contribution is 2.23. The Balaban J connectivity index is 1.25. The summed E-state index contributed by atoms with van der Waals surface area (Å²) in [7, 11) is 0. The molecule has 0 radical (unpaired) electrons. The van der Waals surface area contributed by atoms with E-state index in [1.807, 2.05) is 12.1 Å². The van der Waals surface area contributed by atoms with Crippen molar-refractivity contribution in [2.75, 3.05) is 49.6 Å². The predicted octanol–water partition coefficient (Wildman–Crippen LogP) is 3.68. The van der Waals surface area contributed by atoms with Crippen LogP contribution in [0.3, 0.4) is 0 Å². The average molecular weight is 394 g/mol. The number of piperidine rings is 1. The number of morpholine rings is 1. The summed E-state index contributed by atoms with van der Waals surface area (Å²) in [5, 5.41) is 3.11. The zero-order valence-corrected chi connectivity index (χ0v) is 17.3. The molecule has 1 N–H and O–H groups in total. The number of amides is 1. The highest BCUT2D eigenvalue weighted by molar-refractivity contribution is 5.92. The second kappa shape index (κ2) is 9.42. The molecule has 154 valence electrons. The maximum Gasteiger partial charge on any atom is 0.227 e. The van der Waals surface area contributed by atoms with Crippen LogP contribution in [-0.4, -0.2) is 50.2 Å². The third-order valence-electron chi connectivity index (χ3n) is 5.96. The Kier molecular flexibility index (Phi) is 6.47. The molecule has 29 heavy (non-hydrogen) atoms. The minimum atomic E-state index is 0.0997. The number of nitrogens with one attached hydrogen (secondary N) is 1. The standard InChI is InChI=1S/C24H31N3O2/c1-19-3-2-4-20(17-19)18-26-11-9-21(10-12-26)24(28)25-22-5-7-23(8-6-22)27-13-15-29-16-14-27/h2-8,17,21H,9-16,18H2,1H3,(H,25,28). The number of benzene rings is 2. The van der Waals surface area contributed by atoms with E-state index in [-0.39, 0.29) is 11.8 Å². The fraction of sp³-hybridized carbons (Fsp3) is 0.458. The second-order valence-electron chi connectivity index (χ2n) is 8.18. The van der Waals surface area contributed by atoms with Gasteiger partial charge in [0.25, 0.3) is 0 Å². The number of anilines is 2. The molecule has 0 atom stereocenters. The fourth-order valence-electron chi connectivity index (χ4n) is 4.24. The second-order valence-corrected chi connectivity index (χ2v) is 8.18. The third kappa shape index (κ3) is 5.37. The molecule has 5 heteroatoms. The summed E-state index contributed by atoms with van der Waals surface area (Å²) < 4.78 is 5.41. The van der Waals surface area contributed by atoms with Gasteiger partial charge in [0.1, 0.15) is 0 Å². The quantitative estimate of drug-likeness (QED) is 0.842. The van der Waals surface area contributed by atoms with Gasteiger partial charge in [-0.2, -0.15) is 0 Å². The third-order valence-corrected chi connectivity index (χ3v) is 5.96. The van der Waals surface area contributed by atoms with E-state index in [9.17, 15) is 4.79 Å². The lowest BCUT2D eigenvalue weighted by molar-refractivity contribution is -0.121. The predicted molar refractivity (Wildman–Crippen MR) is 117 cm³/mol. The fourth-order valence-corrected chi connectivity index (χ4v) is 4.24. The van der Waals surface area contributed by atoms with Gasteiger partial charge in [0.2, 0.25) is 5.91 Å². The van der Waals surface area contributed by atoms with Crippen LogP contribution < -0.4 is 10.2 Å². The molecule has 0 bridgehead atoms. The van der Waals surface area contributed by atoms with E-state index in [0.717, 1.165) is 64.5 Å². The van der Waals surface area contributed by atoms with Crippen LogP contribution in [0.25, 0.3) is 0 Å². The van der Waals surface area contributed by atoms with Crippen molar-refractivity contribution in [3.05, 3.63) is 59.7 Å². The van der Waals surface area contributed by atoms with Crippen molar-refractivity contribution < 1.29 is 9.53 Å². The van der Waals surface area contributed by atoms with Crippen molar-refractivity contribution >= 4 is 17.3 Å². The number of hydrogen-bond acceptors (Lipinski definition) is 4. The van der Waals surface area contributed by atoms with Gasteiger partial charge in [-0.1, -0.05) is 29.8 Å². The van der Waals surface area contributed by atoms with Gasteiger partial charge in [-0.15, -0.1) is 0 Å². The first kappa shape index (κ1) is 19.9. The topological polar surface area (TPSA) is 44.8 Å². The van der Waals surface area contributed by atoms with Gasteiger partial charge < -0.3 is 15.0 Å². The molecule has 2 fully saturated rings. The van der Waals surface area contributed by atoms with Crippen LogP contribution in [-0.2, 0) is 16.1 Å². The molecule has 2 aromatic rings. The molecule has 2 heterocycles. The van der Waals surface area contributed by atoms with E-state index < -0.39 is 0 Å². The number of aryl methyl sites for hydroxylation is 1. The summed E-state index contributed by atoms with van der Waals surface area (Å²) >= 11 is 0. The van der Waals surface area contributed by atoms with Crippen molar-refractivity contribution in [2.45, 2.75) is 26.3 Å². The van der Waals surface area contributed by atoms with Crippen LogP contribution >= 0.6 is 0 Å². The number of hydrogen-bond donors (Lipinski definition) is 1. The van der Waals surface area contributed by atoms with Crippen LogP contribution in [0.5, 0.6) is 0 Å². The van der Waals surface area contributed by atoms with Gasteiger partial charge in [-0.3, -0.25) is 9.69 Å². The molecule has 1 amide bonds. The maximum absolute atomic E-state index is 12.7. The molecule has 0 aliphatic carbocycles. The van der Waals surface area contributed by atoms with Gasteiger partial charge >= 0.3 is 0 Å². The Bertz CT molecular complexity index is 807. The first-order valence-corrected chi connectivity index (χ1v) is 10.7. The Morgan fingerprint density at radius 2 is 1.76 bits per heavy atom. The summed E-state index contributed by atoms with van der Waals surface area (Å²) in [4.78, 5) is 17.5. The van der Waals surface area contributed by atoms with E-state index >= 15 is 0 Å². The number of carbonyl (C=O) groups excluding carboxylic acids is 1. The SMILES string of the molecule is Cc1cccc(CN2CCC(C(=O)Nc3ccc(N4CCOCC4)cc3)CC2)c1. The molecule has 0 unspecified atom stereocenters. The normalized spacial score (nSPS) is 18.6. The van der Waals surface area contributed by atoms with Crippen molar-refractivity contribution in [1.82, 2.24) is 4.90 Å². The van der Waals surface area contributed by atoms with Crippen molar-refractivity contribution in [1.29, 1.82) is 0 Å². The monoisotopic (exact) mass is 393 g/mol. The van der Waals surface area contributed by atoms with Crippen molar-refractivity contribution in [3.8, 4) is 0 Å². The van der Waals surface area contributed by atoms with Gasteiger partial charge in [-0.05, 0) is 62.7 Å². The van der Waals surface area contributed by atoms with Crippen molar-refractivity contribution in [2.24, 2.45) is 5.92 Å². The number of carbonyl (C=O) groups is 1. The lowest BCUT2D eigenvalue weighted by Crippen LogP contribution is -2.37. The van der Waals surface area contributed by atoms with Gasteiger partial charge in [0, 0.05) is 36.9 Å². The highest BCUT2D eigenvalue weighted by atomic mass is 16.5. The number of ether oxygens (including phenoxy) is 1. The Morgan fingerprint density at radius 3 is 2.45 bits per heavy atom. The summed E-state index contributed by atoms with van der Waals surface area (Å²) in [5.74, 6) is 0.252. The molecule has 2 aliphatic rings. The van der Waals surface area contributed by atoms with E-state index in [1.54, 1.807) is 0 Å². The van der Waals surface area contributed by atoms with Crippen LogP contribution in [0.2, 0.25) is 0 Å². The molecule has 2 aliphatic heterocycles. The minimum Gasteiger partial charge on any atom is -0.378 e. The zero-order chi connectivity index (χ0) is 20.1. The number of nitrogens with zero attached hydrogens (tertiary/aromatic N) is 2. The summed E-state index contributed by atoms with van der Waals surface area (Å²) in [6.07, 6.45) is 1.84. The molecule has 2 aromatic carbocycles. The molecular weight excluding hydrogens is 362 g/mol. The summed E-state index contributed by atoms with van der Waals surface area (Å²) in [6, 6.07) is 16.9. The van der Waals surface area contributed by atoms with E-state index in [2.05, 4.69) is 58.4 Å². The van der Waals surface area contributed by atoms with Gasteiger partial charge in [0.05, 0.1) is 13.2 Å². The van der Waals surface area contributed by atoms with Crippen LogP contribution in [0.1, 0.15) is 24.0 Å². The average Bonchev–Trinajstić information content (AvgIpc) is 2.75. The summed E-state index contributed by atoms with van der Waals surface area (Å²) in [6.45, 7) is 8.46. The number of likely N-dealkylation sites (tertiary alicyclic amines) is 1. The highest BCUT2D eigenvalue weighted by Gasteiger charge is 2.25. The number of rotatable bonds is 5. The molecule has 5 nitrogen and oxygen atoms in total. The Labute approximate surface area is 173 Å². The Morgan fingerprint density at radius 1 is 1.03 bits per heavy atom. The smallest absolute Gasteiger partial charge is 0.227 e. The molecule has 0 saturated carbocycles. The van der Waals surface area contributed by atoms with E-state index in [4.69, 9.17) is 4.74 Å². The van der Waals surface area contributed by atoms with Crippen LogP contribution in [0, 0.1) is 12.8 Å². The molecule has 0 aromatic heterocycles. The lowest BCUT2D eigenvalue weighted by atomic mass is 9.95. The minimum absolute atomic E-state index is 0.0997. The summed E-state index contributed by atoms with van der Waals surface area (Å²) in [5.41, 5.74) is 4.73. The largest absolute Gasteiger partial charge is 0.378 e. The Hall–Kier alpha value is -2.37. The van der Waals surface area contributed by atoms with Crippen LogP contribution in [0.4, 0.5) is 11.4 Å². The molecule has 4 rings (SSSR count). The van der Waals surface area contributed by atoms with Crippen molar-refractivity contribution in [3.63, 3.8) is 0 Å². The van der Waals surface area contributed by atoms with Gasteiger partial charge in [0.15, 0.2) is 0 Å². The zero-order valence-electron chi connectivity index (χ0n) is 17.3. The van der Waals surface area contributed by atoms with E-state index in [1.165, 1.54) is 16.8 Å².